The van der Waals surface area contributed by atoms with Gasteiger partial charge in [0.15, 0.2) is 5.76 Å². The van der Waals surface area contributed by atoms with Crippen LogP contribution in [0.5, 0.6) is 0 Å². The van der Waals surface area contributed by atoms with Crippen molar-refractivity contribution < 1.29 is 4.74 Å². The largest absolute Gasteiger partial charge is 0.488 e. The Balaban J connectivity index is 0. The molecule has 2 rings (SSSR count). The van der Waals surface area contributed by atoms with Crippen molar-refractivity contribution in [3.8, 4) is 0 Å². The van der Waals surface area contributed by atoms with Gasteiger partial charge < -0.3 is 19.4 Å². The van der Waals surface area contributed by atoms with Crippen molar-refractivity contribution >= 4 is 6.72 Å². The second kappa shape index (κ2) is 16.0. The lowest BCUT2D eigenvalue weighted by Crippen LogP contribution is -2.45. The summed E-state index contributed by atoms with van der Waals surface area (Å²) in [6.45, 7) is 31.3. The van der Waals surface area contributed by atoms with Crippen LogP contribution >= 0.6 is 0 Å². The van der Waals surface area contributed by atoms with Crippen molar-refractivity contribution in [1.29, 1.82) is 0 Å². The third-order valence-corrected chi connectivity index (χ3v) is 4.22. The summed E-state index contributed by atoms with van der Waals surface area (Å²) < 4.78 is 5.84. The summed E-state index contributed by atoms with van der Waals surface area (Å²) in [6.07, 6.45) is 2.01. The number of rotatable bonds is 3. The average molecular weight is 379 g/mol. The summed E-state index contributed by atoms with van der Waals surface area (Å²) in [6, 6.07) is 0. The Kier molecular flexibility index (Phi) is 16.1. The Hall–Kier alpha value is -2.17. The number of hydrogen-bond donors (Lipinski definition) is 0. The van der Waals surface area contributed by atoms with Gasteiger partial charge in [0.05, 0.1) is 17.9 Å². The normalized spacial score (nSPS) is 18.6. The quantitative estimate of drug-likeness (QED) is 0.525. The number of morpholine rings is 1. The van der Waals surface area contributed by atoms with E-state index in [4.69, 9.17) is 4.74 Å². The Morgan fingerprint density at radius 1 is 1.00 bits per heavy atom. The molecule has 0 unspecified atom stereocenters. The lowest BCUT2D eigenvalue weighted by atomic mass is 10.2. The van der Waals surface area contributed by atoms with Crippen LogP contribution in [0, 0.1) is 0 Å². The fourth-order valence-electron chi connectivity index (χ4n) is 2.78. The molecule has 0 aliphatic carbocycles. The maximum atomic E-state index is 5.84. The molecule has 0 atom stereocenters. The summed E-state index contributed by atoms with van der Waals surface area (Å²) in [5.41, 5.74) is 2.16. The van der Waals surface area contributed by atoms with E-state index in [0.29, 0.717) is 0 Å². The van der Waals surface area contributed by atoms with Gasteiger partial charge >= 0.3 is 0 Å². The second-order valence-corrected chi connectivity index (χ2v) is 5.41. The zero-order valence-corrected chi connectivity index (χ0v) is 18.8. The van der Waals surface area contributed by atoms with Gasteiger partial charge in [-0.2, -0.15) is 0 Å². The van der Waals surface area contributed by atoms with Gasteiger partial charge in [-0.15, -0.1) is 13.2 Å². The zero-order valence-electron chi connectivity index (χ0n) is 18.8. The predicted molar refractivity (Wildman–Crippen MR) is 121 cm³/mol. The molecule has 2 saturated heterocycles. The van der Waals surface area contributed by atoms with E-state index in [1.807, 2.05) is 40.7 Å². The molecular formula is C22H42N4O. The molecule has 2 aliphatic rings. The lowest BCUT2D eigenvalue weighted by molar-refractivity contribution is 0.123. The maximum Gasteiger partial charge on any atom is 0.160 e. The maximum absolute atomic E-state index is 5.84. The molecule has 0 saturated carbocycles. The highest BCUT2D eigenvalue weighted by Crippen LogP contribution is 2.25. The summed E-state index contributed by atoms with van der Waals surface area (Å²) >= 11 is 0. The number of allylic oxidation sites excluding steroid dienone is 2. The first kappa shape index (κ1) is 27.1. The van der Waals surface area contributed by atoms with Gasteiger partial charge in [-0.1, -0.05) is 34.3 Å². The Morgan fingerprint density at radius 2 is 1.48 bits per heavy atom. The monoisotopic (exact) mass is 378 g/mol. The van der Waals surface area contributed by atoms with E-state index in [2.05, 4.69) is 60.1 Å². The molecule has 2 heterocycles. The van der Waals surface area contributed by atoms with Gasteiger partial charge in [-0.3, -0.25) is 0 Å². The highest BCUT2D eigenvalue weighted by molar-refractivity contribution is 5.29. The number of likely N-dealkylation sites (N-methyl/N-ethyl adjacent to an activating group) is 1. The molecule has 5 nitrogen and oxygen atoms in total. The van der Waals surface area contributed by atoms with E-state index >= 15 is 0 Å². The molecule has 27 heavy (non-hydrogen) atoms. The van der Waals surface area contributed by atoms with Crippen molar-refractivity contribution in [3.05, 3.63) is 48.8 Å². The van der Waals surface area contributed by atoms with Crippen LogP contribution in [0.3, 0.4) is 0 Å². The third kappa shape index (κ3) is 7.94. The first-order valence-corrected chi connectivity index (χ1v) is 9.95. The zero-order chi connectivity index (χ0) is 21.4. The molecular weight excluding hydrogens is 336 g/mol. The second-order valence-electron chi connectivity index (χ2n) is 5.41. The van der Waals surface area contributed by atoms with Gasteiger partial charge in [0.2, 0.25) is 0 Å². The molecule has 2 fully saturated rings. The van der Waals surface area contributed by atoms with Gasteiger partial charge in [0, 0.05) is 33.2 Å². The van der Waals surface area contributed by atoms with Crippen molar-refractivity contribution in [1.82, 2.24) is 14.7 Å². The van der Waals surface area contributed by atoms with Crippen LogP contribution in [0.25, 0.3) is 0 Å². The lowest BCUT2D eigenvalue weighted by Gasteiger charge is -2.39. The Morgan fingerprint density at radius 3 is 1.93 bits per heavy atom. The highest BCUT2D eigenvalue weighted by Gasteiger charge is 2.24. The molecule has 5 heteroatoms. The fourth-order valence-corrected chi connectivity index (χ4v) is 2.78. The molecule has 0 radical (unpaired) electrons. The number of aliphatic imine (C=N–C) groups is 1. The smallest absolute Gasteiger partial charge is 0.160 e. The van der Waals surface area contributed by atoms with E-state index in [0.717, 1.165) is 56.6 Å². The predicted octanol–water partition coefficient (Wildman–Crippen LogP) is 4.73. The van der Waals surface area contributed by atoms with Crippen LogP contribution < -0.4 is 0 Å². The van der Waals surface area contributed by atoms with Crippen LogP contribution in [0.4, 0.5) is 0 Å². The SMILES string of the molecule is C=C.C=N/C(=C\C)N1CCN(/C(C)=C2\OCCN(C)C2=C)CC1.CC.CC. The molecule has 0 spiro atoms. The number of hydrogen-bond acceptors (Lipinski definition) is 5. The molecule has 2 aliphatic heterocycles. The summed E-state index contributed by atoms with van der Waals surface area (Å²) in [5.74, 6) is 1.91. The minimum Gasteiger partial charge on any atom is -0.488 e. The molecule has 0 aromatic heterocycles. The van der Waals surface area contributed by atoms with Crippen LogP contribution in [0.15, 0.2) is 53.8 Å². The van der Waals surface area contributed by atoms with E-state index < -0.39 is 0 Å². The van der Waals surface area contributed by atoms with E-state index in [-0.39, 0.29) is 0 Å². The van der Waals surface area contributed by atoms with Crippen LogP contribution in [0.2, 0.25) is 0 Å². The molecule has 0 aromatic rings. The summed E-state index contributed by atoms with van der Waals surface area (Å²) in [5, 5.41) is 0. The molecule has 156 valence electrons. The highest BCUT2D eigenvalue weighted by atomic mass is 16.5. The van der Waals surface area contributed by atoms with Crippen molar-refractivity contribution in [2.75, 3.05) is 46.4 Å². The van der Waals surface area contributed by atoms with Gasteiger partial charge in [0.1, 0.15) is 12.4 Å². The Labute approximate surface area is 168 Å². The van der Waals surface area contributed by atoms with Crippen LogP contribution in [-0.2, 0) is 4.74 Å². The van der Waals surface area contributed by atoms with Gasteiger partial charge in [0.25, 0.3) is 0 Å². The summed E-state index contributed by atoms with van der Waals surface area (Å²) in [4.78, 5) is 10.9. The number of nitrogens with zero attached hydrogens (tertiary/aromatic N) is 4. The van der Waals surface area contributed by atoms with Crippen molar-refractivity contribution in [3.63, 3.8) is 0 Å². The topological polar surface area (TPSA) is 31.3 Å². The Bertz CT molecular complexity index is 489. The minimum absolute atomic E-state index is 0.727. The van der Waals surface area contributed by atoms with Crippen LogP contribution in [-0.4, -0.2) is 67.8 Å². The van der Waals surface area contributed by atoms with Gasteiger partial charge in [-0.05, 0) is 26.6 Å². The standard InChI is InChI=1S/C16H26N4O.2C2H6.C2H4/c1-6-15(17-4)20-9-7-19(8-10-20)14(3)16-13(2)18(5)11-12-21-16;3*1-2/h6H,2,4,7-12H2,1,3,5H3;2*1-2H3;1-2H2/b15-6+,16-14-;;;. The third-order valence-electron chi connectivity index (χ3n) is 4.22. The van der Waals surface area contributed by atoms with Crippen molar-refractivity contribution in [2.45, 2.75) is 41.5 Å². The molecule has 0 bridgehead atoms. The van der Waals surface area contributed by atoms with E-state index in [9.17, 15) is 0 Å². The first-order chi connectivity index (χ1) is 13.1. The van der Waals surface area contributed by atoms with Crippen molar-refractivity contribution in [2.24, 2.45) is 4.99 Å². The number of ether oxygens (including phenoxy) is 1. The number of piperazine rings is 1. The molecule has 0 amide bonds. The first-order valence-electron chi connectivity index (χ1n) is 9.95. The molecule has 0 aromatic carbocycles. The molecule has 0 N–H and O–H groups in total. The van der Waals surface area contributed by atoms with E-state index in [1.54, 1.807) is 0 Å². The fraction of sp³-hybridized carbons (Fsp3) is 0.591. The average Bonchev–Trinajstić information content (AvgIpc) is 2.75. The minimum atomic E-state index is 0.727. The van der Waals surface area contributed by atoms with Crippen LogP contribution in [0.1, 0.15) is 41.5 Å². The van der Waals surface area contributed by atoms with E-state index in [1.165, 1.54) is 5.70 Å². The van der Waals surface area contributed by atoms with Gasteiger partial charge in [-0.25, -0.2) is 4.99 Å². The summed E-state index contributed by atoms with van der Waals surface area (Å²) in [7, 11) is 2.06.